The van der Waals surface area contributed by atoms with Gasteiger partial charge in [-0.15, -0.1) is 0 Å². The summed E-state index contributed by atoms with van der Waals surface area (Å²) in [6, 6.07) is 0.303. The van der Waals surface area contributed by atoms with Crippen LogP contribution in [0.25, 0.3) is 5.95 Å². The maximum Gasteiger partial charge on any atom is 0.241 e. The van der Waals surface area contributed by atoms with Crippen molar-refractivity contribution in [1.29, 1.82) is 0 Å². The average molecular weight is 261 g/mol. The lowest BCUT2D eigenvalue weighted by molar-refractivity contribution is 0.499. The van der Waals surface area contributed by atoms with Crippen LogP contribution in [0.1, 0.15) is 20.8 Å². The summed E-state index contributed by atoms with van der Waals surface area (Å²) < 4.78 is 1.70. The summed E-state index contributed by atoms with van der Waals surface area (Å²) in [5.41, 5.74) is 5.76. The van der Waals surface area contributed by atoms with Crippen molar-refractivity contribution < 1.29 is 0 Å². The van der Waals surface area contributed by atoms with Crippen LogP contribution in [0.3, 0.4) is 0 Å². The van der Waals surface area contributed by atoms with E-state index >= 15 is 0 Å². The maximum absolute atomic E-state index is 5.76. The van der Waals surface area contributed by atoms with Crippen LogP contribution in [0.15, 0.2) is 18.7 Å². The molecule has 2 N–H and O–H groups in total. The Bertz CT molecular complexity index is 535. The Hall–Kier alpha value is -2.18. The number of rotatable bonds is 4. The normalized spacial score (nSPS) is 12.7. The first-order valence-corrected chi connectivity index (χ1v) is 6.21. The molecule has 102 valence electrons. The minimum atomic E-state index is 0.205. The highest BCUT2D eigenvalue weighted by molar-refractivity contribution is 5.38. The van der Waals surface area contributed by atoms with Gasteiger partial charge in [-0.25, -0.2) is 4.98 Å². The second-order valence-corrected chi connectivity index (χ2v) is 4.86. The van der Waals surface area contributed by atoms with Gasteiger partial charge in [-0.2, -0.15) is 15.0 Å². The molecule has 0 bridgehead atoms. The largest absolute Gasteiger partial charge is 0.368 e. The van der Waals surface area contributed by atoms with E-state index in [4.69, 9.17) is 5.73 Å². The van der Waals surface area contributed by atoms with Gasteiger partial charge in [0.2, 0.25) is 17.8 Å². The summed E-state index contributed by atoms with van der Waals surface area (Å²) >= 11 is 0. The fourth-order valence-corrected chi connectivity index (χ4v) is 1.65. The Morgan fingerprint density at radius 3 is 2.53 bits per heavy atom. The second-order valence-electron chi connectivity index (χ2n) is 4.86. The van der Waals surface area contributed by atoms with Gasteiger partial charge < -0.3 is 10.6 Å². The fourth-order valence-electron chi connectivity index (χ4n) is 1.65. The van der Waals surface area contributed by atoms with Crippen LogP contribution in [0.4, 0.5) is 11.9 Å². The van der Waals surface area contributed by atoms with E-state index in [1.165, 1.54) is 0 Å². The molecule has 19 heavy (non-hydrogen) atoms. The van der Waals surface area contributed by atoms with Gasteiger partial charge in [-0.05, 0) is 12.8 Å². The second kappa shape index (κ2) is 5.21. The number of aromatic nitrogens is 5. The molecule has 0 amide bonds. The van der Waals surface area contributed by atoms with Gasteiger partial charge >= 0.3 is 0 Å². The zero-order valence-corrected chi connectivity index (χ0v) is 11.6. The van der Waals surface area contributed by atoms with E-state index in [1.54, 1.807) is 23.3 Å². The standard InChI is InChI=1S/C12H19N7/c1-8(2)9(3)18(4)11-15-10(13)16-12(17-11)19-6-5-14-7-19/h5-9H,1-4H3,(H2,13,15,16,17). The molecule has 1 atom stereocenters. The highest BCUT2D eigenvalue weighted by atomic mass is 15.3. The van der Waals surface area contributed by atoms with E-state index in [0.29, 0.717) is 23.9 Å². The molecule has 0 aliphatic carbocycles. The molecule has 2 aromatic heterocycles. The smallest absolute Gasteiger partial charge is 0.241 e. The van der Waals surface area contributed by atoms with Crippen LogP contribution in [0.5, 0.6) is 0 Å². The van der Waals surface area contributed by atoms with Crippen molar-refractivity contribution in [3.63, 3.8) is 0 Å². The number of hydrogen-bond donors (Lipinski definition) is 1. The number of hydrogen-bond acceptors (Lipinski definition) is 6. The van der Waals surface area contributed by atoms with Crippen LogP contribution in [-0.2, 0) is 0 Å². The highest BCUT2D eigenvalue weighted by Gasteiger charge is 2.17. The minimum absolute atomic E-state index is 0.205. The molecule has 0 spiro atoms. The summed E-state index contributed by atoms with van der Waals surface area (Å²) in [6.07, 6.45) is 5.06. The Morgan fingerprint density at radius 2 is 1.95 bits per heavy atom. The molecule has 2 rings (SSSR count). The summed E-state index contributed by atoms with van der Waals surface area (Å²) in [5, 5.41) is 0. The Balaban J connectivity index is 2.37. The molecule has 0 fully saturated rings. The van der Waals surface area contributed by atoms with E-state index < -0.39 is 0 Å². The van der Waals surface area contributed by atoms with Crippen LogP contribution >= 0.6 is 0 Å². The first kappa shape index (κ1) is 13.3. The molecule has 0 saturated carbocycles. The molecule has 0 saturated heterocycles. The monoisotopic (exact) mass is 261 g/mol. The number of nitrogens with two attached hydrogens (primary N) is 1. The zero-order valence-electron chi connectivity index (χ0n) is 11.6. The predicted molar refractivity (Wildman–Crippen MR) is 74.1 cm³/mol. The lowest BCUT2D eigenvalue weighted by Crippen LogP contribution is -2.35. The molecule has 0 aliphatic rings. The van der Waals surface area contributed by atoms with Gasteiger partial charge in [-0.3, -0.25) is 4.57 Å². The lowest BCUT2D eigenvalue weighted by atomic mass is 10.1. The molecule has 2 heterocycles. The van der Waals surface area contributed by atoms with Crippen LogP contribution in [0.2, 0.25) is 0 Å². The van der Waals surface area contributed by atoms with Crippen molar-refractivity contribution in [2.75, 3.05) is 17.7 Å². The van der Waals surface area contributed by atoms with E-state index in [1.807, 2.05) is 11.9 Å². The molecule has 2 aromatic rings. The van der Waals surface area contributed by atoms with Crippen molar-refractivity contribution in [3.05, 3.63) is 18.7 Å². The van der Waals surface area contributed by atoms with E-state index in [2.05, 4.69) is 40.7 Å². The van der Waals surface area contributed by atoms with Crippen molar-refractivity contribution in [2.24, 2.45) is 5.92 Å². The van der Waals surface area contributed by atoms with Crippen LogP contribution in [0, 0.1) is 5.92 Å². The van der Waals surface area contributed by atoms with E-state index in [9.17, 15) is 0 Å². The van der Waals surface area contributed by atoms with Crippen LogP contribution in [-0.4, -0.2) is 37.6 Å². The topological polar surface area (TPSA) is 85.8 Å². The average Bonchev–Trinajstić information content (AvgIpc) is 2.90. The summed E-state index contributed by atoms with van der Waals surface area (Å²) in [4.78, 5) is 18.7. The SMILES string of the molecule is CC(C)C(C)N(C)c1nc(N)nc(-n2ccnc2)n1. The molecule has 0 aromatic carbocycles. The van der Waals surface area contributed by atoms with Gasteiger partial charge in [-0.1, -0.05) is 13.8 Å². The highest BCUT2D eigenvalue weighted by Crippen LogP contribution is 2.16. The molecule has 7 nitrogen and oxygen atoms in total. The first-order chi connectivity index (χ1) is 8.99. The van der Waals surface area contributed by atoms with Crippen molar-refractivity contribution in [1.82, 2.24) is 24.5 Å². The quantitative estimate of drug-likeness (QED) is 0.887. The third kappa shape index (κ3) is 2.81. The molecular weight excluding hydrogens is 242 g/mol. The van der Waals surface area contributed by atoms with E-state index in [0.717, 1.165) is 0 Å². The minimum Gasteiger partial charge on any atom is -0.368 e. The van der Waals surface area contributed by atoms with Gasteiger partial charge in [0.15, 0.2) is 0 Å². The van der Waals surface area contributed by atoms with Gasteiger partial charge in [0.05, 0.1) is 0 Å². The molecule has 0 aliphatic heterocycles. The third-order valence-corrected chi connectivity index (χ3v) is 3.26. The van der Waals surface area contributed by atoms with Crippen molar-refractivity contribution in [3.8, 4) is 5.95 Å². The summed E-state index contributed by atoms with van der Waals surface area (Å²) in [7, 11) is 1.96. The number of nitrogens with zero attached hydrogens (tertiary/aromatic N) is 6. The van der Waals surface area contributed by atoms with Crippen molar-refractivity contribution >= 4 is 11.9 Å². The van der Waals surface area contributed by atoms with Gasteiger partial charge in [0, 0.05) is 25.5 Å². The summed E-state index contributed by atoms with van der Waals surface area (Å²) in [6.45, 7) is 6.44. The predicted octanol–water partition coefficient (Wildman–Crippen LogP) is 1.12. The van der Waals surface area contributed by atoms with Gasteiger partial charge in [0.25, 0.3) is 0 Å². The number of imidazole rings is 1. The fraction of sp³-hybridized carbons (Fsp3) is 0.500. The zero-order chi connectivity index (χ0) is 14.0. The number of nitrogen functional groups attached to an aromatic ring is 1. The Morgan fingerprint density at radius 1 is 1.21 bits per heavy atom. The summed E-state index contributed by atoms with van der Waals surface area (Å²) in [5.74, 6) is 1.73. The van der Waals surface area contributed by atoms with Crippen molar-refractivity contribution in [2.45, 2.75) is 26.8 Å². The lowest BCUT2D eigenvalue weighted by Gasteiger charge is -2.28. The van der Waals surface area contributed by atoms with E-state index in [-0.39, 0.29) is 5.95 Å². The van der Waals surface area contributed by atoms with Crippen LogP contribution < -0.4 is 10.6 Å². The van der Waals surface area contributed by atoms with Gasteiger partial charge in [0.1, 0.15) is 6.33 Å². The Kier molecular flexibility index (Phi) is 3.64. The molecule has 0 radical (unpaired) electrons. The molecular formula is C12H19N7. The maximum atomic E-state index is 5.76. The Labute approximate surface area is 112 Å². The first-order valence-electron chi connectivity index (χ1n) is 6.21. The molecule has 7 heteroatoms. The number of anilines is 2. The third-order valence-electron chi connectivity index (χ3n) is 3.26. The molecule has 1 unspecified atom stereocenters.